The molecule has 5 N–H and O–H groups in total. The van der Waals surface area contributed by atoms with E-state index in [1.807, 2.05) is 13.8 Å². The zero-order valence-corrected chi connectivity index (χ0v) is 11.4. The molecule has 0 unspecified atom stereocenters. The van der Waals surface area contributed by atoms with E-state index in [0.717, 1.165) is 18.9 Å². The minimum absolute atomic E-state index is 0.0764. The molecule has 1 aromatic carbocycles. The lowest BCUT2D eigenvalue weighted by atomic mass is 9.82. The number of nitrogens with one attached hydrogen (secondary N) is 1. The Morgan fingerprint density at radius 3 is 2.42 bits per heavy atom. The van der Waals surface area contributed by atoms with Gasteiger partial charge in [0.1, 0.15) is 11.5 Å². The molecule has 5 heteroatoms. The summed E-state index contributed by atoms with van der Waals surface area (Å²) >= 11 is 0. The summed E-state index contributed by atoms with van der Waals surface area (Å²) in [6.07, 6.45) is 1.75. The number of hydrogen-bond donors (Lipinski definition) is 4. The average Bonchev–Trinajstić information content (AvgIpc) is 2.40. The highest BCUT2D eigenvalue weighted by atomic mass is 16.3. The number of phenols is 2. The van der Waals surface area contributed by atoms with Gasteiger partial charge in [-0.2, -0.15) is 0 Å². The van der Waals surface area contributed by atoms with Gasteiger partial charge in [-0.15, -0.1) is 0 Å². The number of aromatic hydroxyl groups is 2. The van der Waals surface area contributed by atoms with Crippen molar-refractivity contribution in [2.45, 2.75) is 26.7 Å². The molecule has 0 fully saturated rings. The molecule has 1 amide bonds. The van der Waals surface area contributed by atoms with Gasteiger partial charge in [-0.3, -0.25) is 4.79 Å². The first kappa shape index (κ1) is 15.3. The van der Waals surface area contributed by atoms with E-state index < -0.39 is 0 Å². The first-order valence-electron chi connectivity index (χ1n) is 6.48. The predicted octanol–water partition coefficient (Wildman–Crippen LogP) is 1.59. The van der Waals surface area contributed by atoms with E-state index in [9.17, 15) is 15.0 Å². The molecule has 0 heterocycles. The summed E-state index contributed by atoms with van der Waals surface area (Å²) in [6, 6.07) is 3.90. The second kappa shape index (κ2) is 6.43. The summed E-state index contributed by atoms with van der Waals surface area (Å²) in [5.41, 5.74) is 5.81. The molecule has 5 nitrogen and oxygen atoms in total. The lowest BCUT2D eigenvalue weighted by Gasteiger charge is -2.30. The second-order valence-corrected chi connectivity index (χ2v) is 4.80. The number of nitrogens with two attached hydrogens (primary N) is 1. The number of benzene rings is 1. The van der Waals surface area contributed by atoms with Crippen molar-refractivity contribution in [2.24, 2.45) is 11.1 Å². The number of carbonyl (C=O) groups is 1. The Morgan fingerprint density at radius 1 is 1.32 bits per heavy atom. The fourth-order valence-corrected chi connectivity index (χ4v) is 1.94. The van der Waals surface area contributed by atoms with Gasteiger partial charge in [0.25, 0.3) is 5.91 Å². The third-order valence-electron chi connectivity index (χ3n) is 3.78. The van der Waals surface area contributed by atoms with Crippen molar-refractivity contribution in [1.82, 2.24) is 5.32 Å². The van der Waals surface area contributed by atoms with Crippen molar-refractivity contribution >= 4 is 5.91 Å². The summed E-state index contributed by atoms with van der Waals surface area (Å²) in [7, 11) is 0. The number of phenolic OH excluding ortho intramolecular Hbond substituents is 2. The van der Waals surface area contributed by atoms with Crippen LogP contribution in [0.4, 0.5) is 0 Å². The van der Waals surface area contributed by atoms with Crippen molar-refractivity contribution in [3.8, 4) is 11.5 Å². The molecule has 0 aliphatic heterocycles. The van der Waals surface area contributed by atoms with Crippen molar-refractivity contribution in [3.05, 3.63) is 23.8 Å². The summed E-state index contributed by atoms with van der Waals surface area (Å²) < 4.78 is 0. The smallest absolute Gasteiger partial charge is 0.255 e. The zero-order chi connectivity index (χ0) is 14.5. The first-order valence-corrected chi connectivity index (χ1v) is 6.48. The summed E-state index contributed by atoms with van der Waals surface area (Å²) in [5, 5.41) is 21.6. The largest absolute Gasteiger partial charge is 0.508 e. The van der Waals surface area contributed by atoms with Gasteiger partial charge >= 0.3 is 0 Å². The van der Waals surface area contributed by atoms with Gasteiger partial charge < -0.3 is 21.3 Å². The molecule has 0 atom stereocenters. The number of rotatable bonds is 6. The number of hydrogen-bond acceptors (Lipinski definition) is 4. The van der Waals surface area contributed by atoms with Crippen LogP contribution < -0.4 is 11.1 Å². The zero-order valence-electron chi connectivity index (χ0n) is 11.4. The third-order valence-corrected chi connectivity index (χ3v) is 3.78. The molecule has 106 valence electrons. The maximum atomic E-state index is 12.0. The van der Waals surface area contributed by atoms with Crippen LogP contribution in [0.3, 0.4) is 0 Å². The van der Waals surface area contributed by atoms with Crippen molar-refractivity contribution < 1.29 is 15.0 Å². The molecule has 0 saturated heterocycles. The standard InChI is InChI=1S/C14H22N2O3/c1-3-14(4-2,8-15)9-16-13(19)11-6-5-10(17)7-12(11)18/h5-7,17-18H,3-4,8-9,15H2,1-2H3,(H,16,19). The topological polar surface area (TPSA) is 95.6 Å². The molecule has 0 radical (unpaired) electrons. The van der Waals surface area contributed by atoms with Crippen molar-refractivity contribution in [3.63, 3.8) is 0 Å². The molecule has 0 aliphatic carbocycles. The van der Waals surface area contributed by atoms with E-state index in [1.165, 1.54) is 12.1 Å². The Bertz CT molecular complexity index is 434. The van der Waals surface area contributed by atoms with Gasteiger partial charge in [0.2, 0.25) is 0 Å². The van der Waals surface area contributed by atoms with Crippen LogP contribution in [0.1, 0.15) is 37.0 Å². The first-order chi connectivity index (χ1) is 8.98. The molecule has 0 aliphatic rings. The Labute approximate surface area is 113 Å². The number of amides is 1. The van der Waals surface area contributed by atoms with Gasteiger partial charge in [-0.1, -0.05) is 13.8 Å². The third kappa shape index (κ3) is 3.61. The van der Waals surface area contributed by atoms with E-state index >= 15 is 0 Å². The summed E-state index contributed by atoms with van der Waals surface area (Å²) in [6.45, 7) is 5.05. The highest BCUT2D eigenvalue weighted by molar-refractivity contribution is 5.97. The Morgan fingerprint density at radius 2 is 1.95 bits per heavy atom. The van der Waals surface area contributed by atoms with E-state index in [4.69, 9.17) is 5.73 Å². The van der Waals surface area contributed by atoms with Crippen LogP contribution in [0.5, 0.6) is 11.5 Å². The molecular weight excluding hydrogens is 244 g/mol. The quantitative estimate of drug-likeness (QED) is 0.629. The molecule has 0 spiro atoms. The normalized spacial score (nSPS) is 11.3. The molecule has 0 bridgehead atoms. The molecule has 0 aromatic heterocycles. The van der Waals surface area contributed by atoms with Crippen molar-refractivity contribution in [1.29, 1.82) is 0 Å². The van der Waals surface area contributed by atoms with Crippen LogP contribution in [-0.4, -0.2) is 29.2 Å². The molecule has 1 rings (SSSR count). The van der Waals surface area contributed by atoms with Crippen molar-refractivity contribution in [2.75, 3.05) is 13.1 Å². The molecule has 1 aromatic rings. The SMILES string of the molecule is CCC(CC)(CN)CNC(=O)c1ccc(O)cc1O. The maximum Gasteiger partial charge on any atom is 0.255 e. The Balaban J connectivity index is 2.75. The second-order valence-electron chi connectivity index (χ2n) is 4.80. The molecule has 19 heavy (non-hydrogen) atoms. The monoisotopic (exact) mass is 266 g/mol. The van der Waals surface area contributed by atoms with Crippen LogP contribution in [-0.2, 0) is 0 Å². The lowest BCUT2D eigenvalue weighted by Crippen LogP contribution is -2.41. The fourth-order valence-electron chi connectivity index (χ4n) is 1.94. The minimum atomic E-state index is -0.364. The van der Waals surface area contributed by atoms with Gasteiger partial charge in [0.15, 0.2) is 0 Å². The van der Waals surface area contributed by atoms with E-state index in [-0.39, 0.29) is 28.4 Å². The van der Waals surface area contributed by atoms with E-state index in [2.05, 4.69) is 5.32 Å². The predicted molar refractivity (Wildman–Crippen MR) is 74.2 cm³/mol. The number of carbonyl (C=O) groups excluding carboxylic acids is 1. The fraction of sp³-hybridized carbons (Fsp3) is 0.500. The van der Waals surface area contributed by atoms with Gasteiger partial charge in [-0.25, -0.2) is 0 Å². The van der Waals surface area contributed by atoms with Crippen LogP contribution in [0.25, 0.3) is 0 Å². The highest BCUT2D eigenvalue weighted by Crippen LogP contribution is 2.25. The van der Waals surface area contributed by atoms with Crippen LogP contribution >= 0.6 is 0 Å². The highest BCUT2D eigenvalue weighted by Gasteiger charge is 2.25. The van der Waals surface area contributed by atoms with Crippen LogP contribution in [0, 0.1) is 5.41 Å². The summed E-state index contributed by atoms with van der Waals surface area (Å²) in [4.78, 5) is 12.0. The summed E-state index contributed by atoms with van der Waals surface area (Å²) in [5.74, 6) is -0.673. The van der Waals surface area contributed by atoms with Crippen LogP contribution in [0.15, 0.2) is 18.2 Å². The maximum absolute atomic E-state index is 12.0. The Hall–Kier alpha value is -1.75. The average molecular weight is 266 g/mol. The minimum Gasteiger partial charge on any atom is -0.508 e. The van der Waals surface area contributed by atoms with Crippen LogP contribution in [0.2, 0.25) is 0 Å². The molecular formula is C14H22N2O3. The van der Waals surface area contributed by atoms with E-state index in [1.54, 1.807) is 0 Å². The molecule has 0 saturated carbocycles. The van der Waals surface area contributed by atoms with Gasteiger partial charge in [0.05, 0.1) is 5.56 Å². The lowest BCUT2D eigenvalue weighted by molar-refractivity contribution is 0.0925. The Kier molecular flexibility index (Phi) is 5.18. The van der Waals surface area contributed by atoms with Gasteiger partial charge in [-0.05, 0) is 36.9 Å². The van der Waals surface area contributed by atoms with E-state index in [0.29, 0.717) is 13.1 Å². The van der Waals surface area contributed by atoms with Gasteiger partial charge in [0, 0.05) is 12.6 Å².